The maximum atomic E-state index is 14.5. The summed E-state index contributed by atoms with van der Waals surface area (Å²) in [5.41, 5.74) is -0.848. The van der Waals surface area contributed by atoms with Crippen LogP contribution in [0.5, 0.6) is 0 Å². The normalized spacial score (nSPS) is 21.2. The third-order valence-corrected chi connectivity index (χ3v) is 9.32. The van der Waals surface area contributed by atoms with E-state index in [-0.39, 0.29) is 34.7 Å². The molecule has 3 aromatic rings. The molecule has 1 unspecified atom stereocenters. The van der Waals surface area contributed by atoms with Crippen LogP contribution in [0.25, 0.3) is 0 Å². The zero-order chi connectivity index (χ0) is 34.2. The van der Waals surface area contributed by atoms with Crippen molar-refractivity contribution in [3.8, 4) is 0 Å². The average Bonchev–Trinajstić information content (AvgIpc) is 3.62. The van der Waals surface area contributed by atoms with Gasteiger partial charge in [-0.25, -0.2) is 9.98 Å². The summed E-state index contributed by atoms with van der Waals surface area (Å²) in [6, 6.07) is 10.3. The molecule has 5 rings (SSSR count). The molecule has 1 fully saturated rings. The summed E-state index contributed by atoms with van der Waals surface area (Å²) in [5.74, 6) is 0.0199. The molecule has 2 aliphatic rings. The lowest BCUT2D eigenvalue weighted by Crippen LogP contribution is -2.51. The highest BCUT2D eigenvalue weighted by Crippen LogP contribution is 2.50. The molecular weight excluding hydrogens is 609 g/mol. The van der Waals surface area contributed by atoms with Crippen molar-refractivity contribution in [1.29, 1.82) is 0 Å². The molecule has 47 heavy (non-hydrogen) atoms. The van der Waals surface area contributed by atoms with Gasteiger partial charge in [0.1, 0.15) is 11.4 Å². The Labute approximate surface area is 273 Å². The number of halogens is 3. The van der Waals surface area contributed by atoms with Gasteiger partial charge in [-0.15, -0.1) is 10.2 Å². The van der Waals surface area contributed by atoms with Gasteiger partial charge in [-0.1, -0.05) is 65.0 Å². The number of rotatable bonds is 8. The smallest absolute Gasteiger partial charge is 0.345 e. The minimum Gasteiger partial charge on any atom is -0.345 e. The molecule has 10 nitrogen and oxygen atoms in total. The van der Waals surface area contributed by atoms with Gasteiger partial charge < -0.3 is 10.2 Å². The van der Waals surface area contributed by atoms with Crippen molar-refractivity contribution in [2.75, 3.05) is 0 Å². The van der Waals surface area contributed by atoms with E-state index in [1.54, 1.807) is 12.1 Å². The van der Waals surface area contributed by atoms with Crippen LogP contribution in [0.4, 0.5) is 13.2 Å². The average molecular weight is 653 g/mol. The summed E-state index contributed by atoms with van der Waals surface area (Å²) >= 11 is 0. The van der Waals surface area contributed by atoms with Gasteiger partial charge in [-0.3, -0.25) is 9.59 Å². The molecule has 1 aromatic carbocycles. The molecular formula is C34H43F3N8O2. The van der Waals surface area contributed by atoms with Gasteiger partial charge in [-0.05, 0) is 85.1 Å². The molecule has 0 saturated heterocycles. The lowest BCUT2D eigenvalue weighted by Gasteiger charge is -2.47. The van der Waals surface area contributed by atoms with Crippen LogP contribution in [0, 0.1) is 16.7 Å². The number of nitrogens with one attached hydrogen (secondary N) is 2. The van der Waals surface area contributed by atoms with Crippen LogP contribution in [-0.4, -0.2) is 53.7 Å². The Morgan fingerprint density at radius 1 is 1.04 bits per heavy atom. The molecule has 1 saturated carbocycles. The Kier molecular flexibility index (Phi) is 9.31. The maximum absolute atomic E-state index is 14.5. The highest BCUT2D eigenvalue weighted by molar-refractivity contribution is 6.46. The summed E-state index contributed by atoms with van der Waals surface area (Å²) in [7, 11) is 0. The molecule has 3 heterocycles. The number of aliphatic imine (C=N–C) groups is 1. The summed E-state index contributed by atoms with van der Waals surface area (Å²) in [4.78, 5) is 38.1. The van der Waals surface area contributed by atoms with Crippen LogP contribution >= 0.6 is 0 Å². The first-order valence-electron chi connectivity index (χ1n) is 16.1. The lowest BCUT2D eigenvalue weighted by molar-refractivity contribution is -0.141. The van der Waals surface area contributed by atoms with Gasteiger partial charge in [0, 0.05) is 5.56 Å². The molecule has 2 amide bonds. The van der Waals surface area contributed by atoms with Gasteiger partial charge in [0.05, 0.1) is 18.3 Å². The van der Waals surface area contributed by atoms with Crippen LogP contribution < -0.4 is 5.32 Å². The van der Waals surface area contributed by atoms with E-state index in [0.29, 0.717) is 36.6 Å². The van der Waals surface area contributed by atoms with Crippen LogP contribution in [0.2, 0.25) is 0 Å². The number of tetrazole rings is 1. The summed E-state index contributed by atoms with van der Waals surface area (Å²) < 4.78 is 41.0. The fraction of sp³-hybridized carbons (Fsp3) is 0.559. The number of hydrogen-bond acceptors (Lipinski definition) is 7. The number of benzene rings is 1. The van der Waals surface area contributed by atoms with Gasteiger partial charge in [-0.2, -0.15) is 18.4 Å². The highest BCUT2D eigenvalue weighted by atomic mass is 19.4. The van der Waals surface area contributed by atoms with E-state index >= 15 is 0 Å². The van der Waals surface area contributed by atoms with E-state index in [1.807, 2.05) is 17.0 Å². The van der Waals surface area contributed by atoms with Crippen molar-refractivity contribution in [2.24, 2.45) is 21.7 Å². The predicted octanol–water partition coefficient (Wildman–Crippen LogP) is 6.68. The molecule has 1 aliphatic heterocycles. The second-order valence-corrected chi connectivity index (χ2v) is 14.9. The fourth-order valence-corrected chi connectivity index (χ4v) is 6.62. The fourth-order valence-electron chi connectivity index (χ4n) is 6.62. The maximum Gasteiger partial charge on any atom is 0.433 e. The molecule has 0 bridgehead atoms. The Balaban J connectivity index is 1.52. The van der Waals surface area contributed by atoms with Crippen LogP contribution in [0.3, 0.4) is 0 Å². The lowest BCUT2D eigenvalue weighted by atomic mass is 9.69. The van der Waals surface area contributed by atoms with Crippen molar-refractivity contribution in [1.82, 2.24) is 35.8 Å². The van der Waals surface area contributed by atoms with Crippen LogP contribution in [0.15, 0.2) is 47.5 Å². The van der Waals surface area contributed by atoms with Crippen molar-refractivity contribution in [2.45, 2.75) is 104 Å². The van der Waals surface area contributed by atoms with E-state index < -0.39 is 29.5 Å². The van der Waals surface area contributed by atoms with Crippen molar-refractivity contribution in [3.05, 3.63) is 70.8 Å². The largest absolute Gasteiger partial charge is 0.433 e. The minimum absolute atomic E-state index is 0.0384. The zero-order valence-corrected chi connectivity index (χ0v) is 27.8. The molecule has 13 heteroatoms. The zero-order valence-electron chi connectivity index (χ0n) is 27.8. The number of aromatic amines is 1. The highest BCUT2D eigenvalue weighted by Gasteiger charge is 2.53. The Hall–Kier alpha value is -4.16. The SMILES string of the molecule is CC(C)(C)CCC(c1ccc(C(=O)NCc2nn[nH]n2)cc1)N1C(=O)C(c2cccc(C(F)(F)F)n2)=NC12CCC(C(C)(C)C)CC2. The number of pyridine rings is 1. The molecule has 2 aromatic heterocycles. The number of amides is 2. The second kappa shape index (κ2) is 12.8. The van der Waals surface area contributed by atoms with Gasteiger partial charge >= 0.3 is 6.18 Å². The number of nitrogens with zero attached hydrogens (tertiary/aromatic N) is 6. The molecule has 0 radical (unpaired) electrons. The first-order valence-corrected chi connectivity index (χ1v) is 16.1. The van der Waals surface area contributed by atoms with E-state index in [9.17, 15) is 22.8 Å². The summed E-state index contributed by atoms with van der Waals surface area (Å²) in [6.45, 7) is 13.1. The number of H-pyrrole nitrogens is 1. The standard InChI is InChI=1S/C34H43F3N8O2/c1-31(2,3)17-16-25(21-10-12-22(13-11-21)29(46)38-20-27-41-43-44-42-27)45-30(47)28(24-8-7-9-26(39-24)34(35,36)37)40-33(45)18-14-23(15-19-33)32(4,5)6/h7-13,23,25H,14-20H2,1-6H3,(H,38,46)(H,41,42,43,44). The minimum atomic E-state index is -4.66. The van der Waals surface area contributed by atoms with Crippen molar-refractivity contribution in [3.63, 3.8) is 0 Å². The molecule has 2 N–H and O–H groups in total. The van der Waals surface area contributed by atoms with E-state index in [4.69, 9.17) is 4.99 Å². The van der Waals surface area contributed by atoms with E-state index in [2.05, 4.69) is 72.5 Å². The number of carbonyl (C=O) groups excluding carboxylic acids is 2. The predicted molar refractivity (Wildman–Crippen MR) is 170 cm³/mol. The second-order valence-electron chi connectivity index (χ2n) is 14.9. The first-order chi connectivity index (χ1) is 22.0. The Morgan fingerprint density at radius 2 is 1.72 bits per heavy atom. The number of carbonyl (C=O) groups is 2. The Bertz CT molecular complexity index is 1600. The third-order valence-electron chi connectivity index (χ3n) is 9.32. The van der Waals surface area contributed by atoms with Crippen LogP contribution in [0.1, 0.15) is 119 Å². The molecule has 1 atom stereocenters. The van der Waals surface area contributed by atoms with Crippen molar-refractivity contribution >= 4 is 17.5 Å². The Morgan fingerprint density at radius 3 is 2.30 bits per heavy atom. The third kappa shape index (κ3) is 7.70. The summed E-state index contributed by atoms with van der Waals surface area (Å²) in [5, 5.41) is 16.3. The quantitative estimate of drug-likeness (QED) is 0.280. The van der Waals surface area contributed by atoms with E-state index in [1.165, 1.54) is 12.1 Å². The van der Waals surface area contributed by atoms with Gasteiger partial charge in [0.25, 0.3) is 11.8 Å². The van der Waals surface area contributed by atoms with Gasteiger partial charge in [0.15, 0.2) is 11.5 Å². The monoisotopic (exact) mass is 652 g/mol. The topological polar surface area (TPSA) is 129 Å². The molecule has 1 aliphatic carbocycles. The number of hydrogen-bond donors (Lipinski definition) is 2. The summed E-state index contributed by atoms with van der Waals surface area (Å²) in [6.07, 6.45) is -0.460. The van der Waals surface area contributed by atoms with Crippen LogP contribution in [-0.2, 0) is 17.5 Å². The number of alkyl halides is 3. The number of aromatic nitrogens is 5. The van der Waals surface area contributed by atoms with Crippen molar-refractivity contribution < 1.29 is 22.8 Å². The van der Waals surface area contributed by atoms with Gasteiger partial charge in [0.2, 0.25) is 0 Å². The molecule has 252 valence electrons. The molecule has 1 spiro atoms. The first kappa shape index (κ1) is 34.2. The van der Waals surface area contributed by atoms with E-state index in [0.717, 1.165) is 30.9 Å².